The standard InChI is InChI=1S/C5H9NO/c1-5-2-3-6-7-4-5/h2,6H,3-4H2,1H3. The molecule has 1 aliphatic heterocycles. The largest absolute Gasteiger partial charge is 0.297 e. The zero-order valence-corrected chi connectivity index (χ0v) is 4.40. The van der Waals surface area contributed by atoms with Crippen LogP contribution in [-0.2, 0) is 4.84 Å². The molecule has 0 unspecified atom stereocenters. The van der Waals surface area contributed by atoms with Crippen molar-refractivity contribution >= 4 is 0 Å². The lowest BCUT2D eigenvalue weighted by atomic mass is 10.3. The van der Waals surface area contributed by atoms with E-state index in [-0.39, 0.29) is 0 Å². The van der Waals surface area contributed by atoms with Crippen molar-refractivity contribution in [3.8, 4) is 0 Å². The van der Waals surface area contributed by atoms with Gasteiger partial charge in [-0.2, -0.15) is 5.48 Å². The predicted octanol–water partition coefficient (Wildman–Crippen LogP) is 0.467. The maximum Gasteiger partial charge on any atom is 0.0890 e. The van der Waals surface area contributed by atoms with Crippen LogP contribution < -0.4 is 5.48 Å². The molecule has 0 spiro atoms. The second kappa shape index (κ2) is 2.09. The lowest BCUT2D eigenvalue weighted by molar-refractivity contribution is 0.0567. The summed E-state index contributed by atoms with van der Waals surface area (Å²) in [6, 6.07) is 0. The zero-order valence-electron chi connectivity index (χ0n) is 4.40. The first-order valence-electron chi connectivity index (χ1n) is 2.40. The first kappa shape index (κ1) is 4.81. The molecule has 0 amide bonds. The van der Waals surface area contributed by atoms with Crippen LogP contribution in [0.15, 0.2) is 11.6 Å². The van der Waals surface area contributed by atoms with E-state index in [1.807, 2.05) is 0 Å². The van der Waals surface area contributed by atoms with Crippen molar-refractivity contribution in [3.63, 3.8) is 0 Å². The molecule has 1 heterocycles. The third-order valence-electron chi connectivity index (χ3n) is 0.936. The SMILES string of the molecule is CC1=CCNOC1. The van der Waals surface area contributed by atoms with Gasteiger partial charge in [0.1, 0.15) is 0 Å². The summed E-state index contributed by atoms with van der Waals surface area (Å²) in [7, 11) is 0. The van der Waals surface area contributed by atoms with Crippen LogP contribution in [0.4, 0.5) is 0 Å². The number of nitrogens with one attached hydrogen (secondary N) is 1. The Labute approximate surface area is 43.1 Å². The highest BCUT2D eigenvalue weighted by Gasteiger charge is 1.93. The van der Waals surface area contributed by atoms with Crippen molar-refractivity contribution in [2.45, 2.75) is 6.92 Å². The molecule has 0 saturated heterocycles. The molecule has 7 heavy (non-hydrogen) atoms. The number of hydrogen-bond acceptors (Lipinski definition) is 2. The molecule has 0 aromatic rings. The summed E-state index contributed by atoms with van der Waals surface area (Å²) in [5, 5.41) is 0. The van der Waals surface area contributed by atoms with Crippen molar-refractivity contribution in [1.29, 1.82) is 0 Å². The Morgan fingerprint density at radius 1 is 1.86 bits per heavy atom. The van der Waals surface area contributed by atoms with Crippen LogP contribution in [0.25, 0.3) is 0 Å². The van der Waals surface area contributed by atoms with E-state index in [0.717, 1.165) is 13.2 Å². The van der Waals surface area contributed by atoms with E-state index in [0.29, 0.717) is 0 Å². The molecule has 0 aliphatic carbocycles. The summed E-state index contributed by atoms with van der Waals surface area (Å²) < 4.78 is 0. The molecule has 0 aromatic heterocycles. The topological polar surface area (TPSA) is 21.3 Å². The highest BCUT2D eigenvalue weighted by Crippen LogP contribution is 1.94. The summed E-state index contributed by atoms with van der Waals surface area (Å²) in [5.41, 5.74) is 4.04. The van der Waals surface area contributed by atoms with Crippen LogP contribution in [0.2, 0.25) is 0 Å². The van der Waals surface area contributed by atoms with Crippen molar-refractivity contribution in [2.24, 2.45) is 0 Å². The fraction of sp³-hybridized carbons (Fsp3) is 0.600. The smallest absolute Gasteiger partial charge is 0.0890 e. The van der Waals surface area contributed by atoms with E-state index in [4.69, 9.17) is 4.84 Å². The van der Waals surface area contributed by atoms with Gasteiger partial charge in [-0.05, 0) is 12.5 Å². The Hall–Kier alpha value is -0.340. The second-order valence-electron chi connectivity index (χ2n) is 1.69. The summed E-state index contributed by atoms with van der Waals surface area (Å²) in [4.78, 5) is 4.86. The van der Waals surface area contributed by atoms with Crippen molar-refractivity contribution < 1.29 is 4.84 Å². The van der Waals surface area contributed by atoms with E-state index in [1.54, 1.807) is 0 Å². The summed E-state index contributed by atoms with van der Waals surface area (Å²) in [6.07, 6.45) is 2.11. The zero-order chi connectivity index (χ0) is 5.11. The van der Waals surface area contributed by atoms with Crippen molar-refractivity contribution in [3.05, 3.63) is 11.6 Å². The van der Waals surface area contributed by atoms with Crippen LogP contribution >= 0.6 is 0 Å². The molecule has 0 aromatic carbocycles. The van der Waals surface area contributed by atoms with Crippen molar-refractivity contribution in [1.82, 2.24) is 5.48 Å². The fourth-order valence-corrected chi connectivity index (χ4v) is 0.499. The van der Waals surface area contributed by atoms with Gasteiger partial charge in [0.15, 0.2) is 0 Å². The third-order valence-corrected chi connectivity index (χ3v) is 0.936. The average Bonchev–Trinajstić information content (AvgIpc) is 1.69. The van der Waals surface area contributed by atoms with Gasteiger partial charge in [0.25, 0.3) is 0 Å². The first-order valence-corrected chi connectivity index (χ1v) is 2.40. The number of rotatable bonds is 0. The van der Waals surface area contributed by atoms with E-state index < -0.39 is 0 Å². The van der Waals surface area contributed by atoms with Gasteiger partial charge < -0.3 is 0 Å². The molecule has 2 heteroatoms. The molecular formula is C5H9NO. The van der Waals surface area contributed by atoms with Gasteiger partial charge in [0, 0.05) is 6.54 Å². The molecule has 1 aliphatic rings. The van der Waals surface area contributed by atoms with Gasteiger partial charge in [-0.1, -0.05) is 6.08 Å². The maximum absolute atomic E-state index is 4.86. The van der Waals surface area contributed by atoms with Gasteiger partial charge in [-0.3, -0.25) is 4.84 Å². The molecule has 0 fully saturated rings. The van der Waals surface area contributed by atoms with Crippen molar-refractivity contribution in [2.75, 3.05) is 13.2 Å². The normalized spacial score (nSPS) is 21.6. The van der Waals surface area contributed by atoms with Gasteiger partial charge in [0.2, 0.25) is 0 Å². The fourth-order valence-electron chi connectivity index (χ4n) is 0.499. The lowest BCUT2D eigenvalue weighted by Gasteiger charge is -2.08. The quantitative estimate of drug-likeness (QED) is 0.446. The molecule has 1 N–H and O–H groups in total. The minimum absolute atomic E-state index is 0.736. The van der Waals surface area contributed by atoms with Gasteiger partial charge in [0.05, 0.1) is 6.61 Å². The Bertz CT molecular complexity index is 88.1. The molecule has 1 rings (SSSR count). The Morgan fingerprint density at radius 2 is 2.71 bits per heavy atom. The second-order valence-corrected chi connectivity index (χ2v) is 1.69. The summed E-state index contributed by atoms with van der Waals surface area (Å²) in [5.74, 6) is 0. The van der Waals surface area contributed by atoms with Crippen LogP contribution in [0.5, 0.6) is 0 Å². The monoisotopic (exact) mass is 99.1 g/mol. The molecule has 0 atom stereocenters. The van der Waals surface area contributed by atoms with Gasteiger partial charge >= 0.3 is 0 Å². The molecule has 2 nitrogen and oxygen atoms in total. The summed E-state index contributed by atoms with van der Waals surface area (Å²) >= 11 is 0. The Morgan fingerprint density at radius 3 is 3.00 bits per heavy atom. The Kier molecular flexibility index (Phi) is 1.44. The molecule has 0 saturated carbocycles. The maximum atomic E-state index is 4.86. The first-order chi connectivity index (χ1) is 3.39. The Balaban J connectivity index is 2.40. The number of hydrogen-bond donors (Lipinski definition) is 1. The molecule has 40 valence electrons. The predicted molar refractivity (Wildman–Crippen MR) is 27.7 cm³/mol. The highest BCUT2D eigenvalue weighted by molar-refractivity contribution is 5.00. The minimum atomic E-state index is 0.736. The van der Waals surface area contributed by atoms with E-state index in [2.05, 4.69) is 18.5 Å². The third kappa shape index (κ3) is 1.29. The molecule has 0 bridgehead atoms. The van der Waals surface area contributed by atoms with Gasteiger partial charge in [-0.25, -0.2) is 0 Å². The highest BCUT2D eigenvalue weighted by atomic mass is 16.6. The number of hydroxylamine groups is 1. The van der Waals surface area contributed by atoms with E-state index in [9.17, 15) is 0 Å². The van der Waals surface area contributed by atoms with Crippen LogP contribution in [-0.4, -0.2) is 13.2 Å². The van der Waals surface area contributed by atoms with Crippen LogP contribution in [0, 0.1) is 0 Å². The lowest BCUT2D eigenvalue weighted by Crippen LogP contribution is -2.20. The van der Waals surface area contributed by atoms with Gasteiger partial charge in [-0.15, -0.1) is 0 Å². The van der Waals surface area contributed by atoms with E-state index >= 15 is 0 Å². The minimum Gasteiger partial charge on any atom is -0.297 e. The average molecular weight is 99.1 g/mol. The molecule has 0 radical (unpaired) electrons. The molecular weight excluding hydrogens is 90.1 g/mol. The van der Waals surface area contributed by atoms with E-state index in [1.165, 1.54) is 5.57 Å². The summed E-state index contributed by atoms with van der Waals surface area (Å²) in [6.45, 7) is 3.65. The van der Waals surface area contributed by atoms with Crippen LogP contribution in [0.1, 0.15) is 6.92 Å². The van der Waals surface area contributed by atoms with Crippen LogP contribution in [0.3, 0.4) is 0 Å².